The molecule has 0 aliphatic heterocycles. The lowest BCUT2D eigenvalue weighted by atomic mass is 10.1. The van der Waals surface area contributed by atoms with Gasteiger partial charge in [0.1, 0.15) is 0 Å². The first-order chi connectivity index (χ1) is 15.1. The van der Waals surface area contributed by atoms with Crippen molar-refractivity contribution in [3.8, 4) is 22.8 Å². The molecule has 0 fully saturated rings. The highest BCUT2D eigenvalue weighted by Gasteiger charge is 2.20. The third kappa shape index (κ3) is 4.53. The SMILES string of the molecule is CN(C(=O)COC(=O)c1ccccc1-c1ncc(-c2ccccc2)o1)c1ccccc1. The van der Waals surface area contributed by atoms with E-state index in [1.807, 2.05) is 60.7 Å². The molecule has 0 saturated heterocycles. The van der Waals surface area contributed by atoms with Crippen LogP contribution >= 0.6 is 0 Å². The Labute approximate surface area is 179 Å². The van der Waals surface area contributed by atoms with Crippen molar-refractivity contribution in [3.05, 3.63) is 96.7 Å². The highest BCUT2D eigenvalue weighted by molar-refractivity contribution is 5.99. The summed E-state index contributed by atoms with van der Waals surface area (Å²) in [5.74, 6) is -0.0537. The molecule has 0 bridgehead atoms. The minimum absolute atomic E-state index is 0.277. The van der Waals surface area contributed by atoms with Crippen molar-refractivity contribution in [2.45, 2.75) is 0 Å². The fraction of sp³-hybridized carbons (Fsp3) is 0.0800. The third-order valence-corrected chi connectivity index (χ3v) is 4.79. The van der Waals surface area contributed by atoms with Gasteiger partial charge >= 0.3 is 5.97 Å². The molecule has 6 nitrogen and oxygen atoms in total. The molecule has 154 valence electrons. The molecule has 1 aromatic heterocycles. The third-order valence-electron chi connectivity index (χ3n) is 4.79. The fourth-order valence-electron chi connectivity index (χ4n) is 3.08. The quantitative estimate of drug-likeness (QED) is 0.424. The normalized spacial score (nSPS) is 10.5. The van der Waals surface area contributed by atoms with Gasteiger partial charge in [0, 0.05) is 18.3 Å². The number of rotatable bonds is 6. The molecular weight excluding hydrogens is 392 g/mol. The first kappa shape index (κ1) is 20.1. The summed E-state index contributed by atoms with van der Waals surface area (Å²) in [7, 11) is 1.64. The summed E-state index contributed by atoms with van der Waals surface area (Å²) in [5.41, 5.74) is 2.38. The van der Waals surface area contributed by atoms with E-state index in [1.54, 1.807) is 37.5 Å². The van der Waals surface area contributed by atoms with E-state index in [2.05, 4.69) is 4.98 Å². The zero-order valence-corrected chi connectivity index (χ0v) is 16.9. The van der Waals surface area contributed by atoms with Gasteiger partial charge in [0.25, 0.3) is 5.91 Å². The van der Waals surface area contributed by atoms with Crippen molar-refractivity contribution in [1.29, 1.82) is 0 Å². The summed E-state index contributed by atoms with van der Waals surface area (Å²) >= 11 is 0. The molecule has 0 aliphatic rings. The number of benzene rings is 3. The predicted octanol–water partition coefficient (Wildman–Crippen LogP) is 4.83. The molecule has 0 spiro atoms. The van der Waals surface area contributed by atoms with Crippen LogP contribution in [0.3, 0.4) is 0 Å². The first-order valence-corrected chi connectivity index (χ1v) is 9.73. The number of esters is 1. The van der Waals surface area contributed by atoms with Gasteiger partial charge in [0.15, 0.2) is 12.4 Å². The summed E-state index contributed by atoms with van der Waals surface area (Å²) < 4.78 is 11.2. The van der Waals surface area contributed by atoms with Gasteiger partial charge in [-0.3, -0.25) is 4.79 Å². The molecule has 0 aliphatic carbocycles. The van der Waals surface area contributed by atoms with Crippen molar-refractivity contribution in [2.24, 2.45) is 0 Å². The summed E-state index contributed by atoms with van der Waals surface area (Å²) in [4.78, 5) is 30.9. The van der Waals surface area contributed by atoms with E-state index in [4.69, 9.17) is 9.15 Å². The van der Waals surface area contributed by atoms with Crippen LogP contribution < -0.4 is 4.90 Å². The van der Waals surface area contributed by atoms with E-state index in [0.717, 1.165) is 11.3 Å². The second-order valence-electron chi connectivity index (χ2n) is 6.81. The largest absolute Gasteiger partial charge is 0.452 e. The van der Waals surface area contributed by atoms with Crippen molar-refractivity contribution in [3.63, 3.8) is 0 Å². The second kappa shape index (κ2) is 9.09. The summed E-state index contributed by atoms with van der Waals surface area (Å²) in [6.07, 6.45) is 1.62. The van der Waals surface area contributed by atoms with Crippen LogP contribution in [0.5, 0.6) is 0 Å². The van der Waals surface area contributed by atoms with E-state index in [0.29, 0.717) is 17.2 Å². The predicted molar refractivity (Wildman–Crippen MR) is 118 cm³/mol. The van der Waals surface area contributed by atoms with Gasteiger partial charge < -0.3 is 14.1 Å². The van der Waals surface area contributed by atoms with Crippen LogP contribution in [-0.2, 0) is 9.53 Å². The Bertz CT molecular complexity index is 1190. The lowest BCUT2D eigenvalue weighted by Crippen LogP contribution is -2.31. The molecule has 0 N–H and O–H groups in total. The smallest absolute Gasteiger partial charge is 0.339 e. The number of likely N-dealkylation sites (N-methyl/N-ethyl adjacent to an activating group) is 1. The lowest BCUT2D eigenvalue weighted by molar-refractivity contribution is -0.121. The summed E-state index contributed by atoms with van der Waals surface area (Å²) in [6.45, 7) is -0.376. The minimum atomic E-state index is -0.620. The van der Waals surface area contributed by atoms with Crippen LogP contribution in [0.1, 0.15) is 10.4 Å². The maximum Gasteiger partial charge on any atom is 0.339 e. The van der Waals surface area contributed by atoms with Crippen molar-refractivity contribution < 1.29 is 18.7 Å². The Morgan fingerprint density at radius 1 is 0.903 bits per heavy atom. The minimum Gasteiger partial charge on any atom is -0.452 e. The number of carbonyl (C=O) groups excluding carboxylic acids is 2. The van der Waals surface area contributed by atoms with Gasteiger partial charge in [0.05, 0.1) is 17.3 Å². The molecule has 3 aromatic carbocycles. The molecule has 1 amide bonds. The van der Waals surface area contributed by atoms with Crippen LogP contribution in [-0.4, -0.2) is 30.5 Å². The van der Waals surface area contributed by atoms with Gasteiger partial charge in [-0.2, -0.15) is 0 Å². The highest BCUT2D eigenvalue weighted by atomic mass is 16.5. The molecular formula is C25H20N2O4. The molecule has 4 aromatic rings. The van der Waals surface area contributed by atoms with Crippen molar-refractivity contribution in [1.82, 2.24) is 4.98 Å². The van der Waals surface area contributed by atoms with Crippen LogP contribution in [0.15, 0.2) is 95.5 Å². The number of aromatic nitrogens is 1. The van der Waals surface area contributed by atoms with Crippen LogP contribution in [0, 0.1) is 0 Å². The Morgan fingerprint density at radius 2 is 1.55 bits per heavy atom. The van der Waals surface area contributed by atoms with Gasteiger partial charge in [0.2, 0.25) is 5.89 Å². The number of anilines is 1. The zero-order chi connectivity index (χ0) is 21.6. The monoisotopic (exact) mass is 412 g/mol. The van der Waals surface area contributed by atoms with Crippen molar-refractivity contribution >= 4 is 17.6 Å². The van der Waals surface area contributed by atoms with E-state index in [-0.39, 0.29) is 18.1 Å². The Kier molecular flexibility index (Phi) is 5.89. The van der Waals surface area contributed by atoms with Gasteiger partial charge in [-0.15, -0.1) is 0 Å². The Balaban J connectivity index is 1.49. The number of hydrogen-bond acceptors (Lipinski definition) is 5. The number of nitrogens with zero attached hydrogens (tertiary/aromatic N) is 2. The average Bonchev–Trinajstić information content (AvgIpc) is 3.33. The van der Waals surface area contributed by atoms with Crippen LogP contribution in [0.4, 0.5) is 5.69 Å². The Hall–Kier alpha value is -4.19. The molecule has 0 radical (unpaired) electrons. The first-order valence-electron chi connectivity index (χ1n) is 9.73. The average molecular weight is 412 g/mol. The number of ether oxygens (including phenoxy) is 1. The zero-order valence-electron chi connectivity index (χ0n) is 16.9. The molecule has 31 heavy (non-hydrogen) atoms. The summed E-state index contributed by atoms with van der Waals surface area (Å²) in [5, 5.41) is 0. The topological polar surface area (TPSA) is 72.6 Å². The van der Waals surface area contributed by atoms with Gasteiger partial charge in [-0.05, 0) is 24.3 Å². The molecule has 0 atom stereocenters. The number of carbonyl (C=O) groups is 2. The van der Waals surface area contributed by atoms with Crippen LogP contribution in [0.25, 0.3) is 22.8 Å². The van der Waals surface area contributed by atoms with Crippen LogP contribution in [0.2, 0.25) is 0 Å². The maximum absolute atomic E-state index is 12.7. The van der Waals surface area contributed by atoms with E-state index < -0.39 is 5.97 Å². The number of hydrogen-bond donors (Lipinski definition) is 0. The molecule has 1 heterocycles. The number of oxazole rings is 1. The van der Waals surface area contributed by atoms with E-state index in [9.17, 15) is 9.59 Å². The summed E-state index contributed by atoms with van der Waals surface area (Å²) in [6, 6.07) is 25.6. The maximum atomic E-state index is 12.7. The second-order valence-corrected chi connectivity index (χ2v) is 6.81. The van der Waals surface area contributed by atoms with Crippen molar-refractivity contribution in [2.75, 3.05) is 18.6 Å². The molecule has 4 rings (SSSR count). The molecule has 6 heteroatoms. The number of amides is 1. The fourth-order valence-corrected chi connectivity index (χ4v) is 3.08. The lowest BCUT2D eigenvalue weighted by Gasteiger charge is -2.17. The van der Waals surface area contributed by atoms with Gasteiger partial charge in [-0.25, -0.2) is 9.78 Å². The standard InChI is InChI=1S/C25H20N2O4/c1-27(19-12-6-3-7-13-19)23(28)17-30-25(29)21-15-9-8-14-20(21)24-26-16-22(31-24)18-10-4-2-5-11-18/h2-16H,17H2,1H3. The molecule has 0 saturated carbocycles. The number of para-hydroxylation sites is 1. The molecule has 0 unspecified atom stereocenters. The Morgan fingerprint density at radius 3 is 2.29 bits per heavy atom. The highest BCUT2D eigenvalue weighted by Crippen LogP contribution is 2.28. The van der Waals surface area contributed by atoms with Gasteiger partial charge in [-0.1, -0.05) is 60.7 Å². The van der Waals surface area contributed by atoms with E-state index in [1.165, 1.54) is 4.90 Å². The van der Waals surface area contributed by atoms with E-state index >= 15 is 0 Å².